The molecule has 0 saturated heterocycles. The minimum absolute atomic E-state index is 0.144. The number of nitrogens with zero attached hydrogens (tertiary/aromatic N) is 3. The molecular weight excluding hydrogens is 416 g/mol. The molecule has 1 atom stereocenters. The van der Waals surface area contributed by atoms with Crippen LogP contribution in [-0.4, -0.2) is 26.7 Å². The van der Waals surface area contributed by atoms with Crippen LogP contribution in [0.4, 0.5) is 0 Å². The maximum atomic E-state index is 5.82. The molecule has 1 unspecified atom stereocenters. The van der Waals surface area contributed by atoms with Gasteiger partial charge in [0.25, 0.3) is 5.89 Å². The van der Waals surface area contributed by atoms with E-state index in [0.717, 1.165) is 46.9 Å². The molecule has 1 N–H and O–H groups in total. The number of allylic oxidation sites excluding steroid dienone is 1. The summed E-state index contributed by atoms with van der Waals surface area (Å²) in [6.45, 7) is 9.53. The van der Waals surface area contributed by atoms with E-state index in [9.17, 15) is 0 Å². The van der Waals surface area contributed by atoms with Crippen molar-refractivity contribution in [3.05, 3.63) is 77.3 Å². The number of aryl methyl sites for hydroxylation is 1. The van der Waals surface area contributed by atoms with Crippen LogP contribution in [0.25, 0.3) is 17.0 Å². The molecule has 0 aliphatic carbocycles. The van der Waals surface area contributed by atoms with Crippen LogP contribution in [0, 0.1) is 5.92 Å². The van der Waals surface area contributed by atoms with Crippen molar-refractivity contribution in [3.8, 4) is 11.4 Å². The van der Waals surface area contributed by atoms with E-state index in [1.807, 2.05) is 30.3 Å². The van der Waals surface area contributed by atoms with Gasteiger partial charge in [-0.3, -0.25) is 0 Å². The van der Waals surface area contributed by atoms with Gasteiger partial charge in [0.2, 0.25) is 5.82 Å². The van der Waals surface area contributed by atoms with E-state index in [1.165, 1.54) is 5.56 Å². The minimum Gasteiger partial charge on any atom is -0.351 e. The number of rotatable bonds is 7. The van der Waals surface area contributed by atoms with E-state index in [0.29, 0.717) is 17.6 Å². The smallest absolute Gasteiger partial charge is 0.258 e. The van der Waals surface area contributed by atoms with Crippen molar-refractivity contribution in [2.75, 3.05) is 6.54 Å². The third kappa shape index (κ3) is 4.60. The van der Waals surface area contributed by atoms with Gasteiger partial charge < -0.3 is 14.7 Å². The van der Waals surface area contributed by atoms with Crippen LogP contribution in [0.5, 0.6) is 0 Å². The molecular formula is C26H30N4OS. The first-order chi connectivity index (χ1) is 15.5. The second kappa shape index (κ2) is 9.65. The first kappa shape index (κ1) is 22.2. The van der Waals surface area contributed by atoms with Crippen LogP contribution in [0.1, 0.15) is 57.2 Å². The summed E-state index contributed by atoms with van der Waals surface area (Å²) in [5.74, 6) is 1.70. The first-order valence-corrected chi connectivity index (χ1v) is 11.7. The lowest BCUT2D eigenvalue weighted by Crippen LogP contribution is -2.46. The lowest BCUT2D eigenvalue weighted by molar-refractivity contribution is 0.390. The van der Waals surface area contributed by atoms with Gasteiger partial charge in [-0.2, -0.15) is 4.98 Å². The molecule has 2 heterocycles. The standard InChI is InChI=1S/C26H30N4OS/c1-5-19-11-13-21(14-12-19)24-28-25(31-29-24)22-18(4)30(16-15-17(2)3)26(32)27-23(22)20-9-7-6-8-10-20/h6-14,17,23H,5,15-16H2,1-4H3,(H,27,32). The van der Waals surface area contributed by atoms with Crippen molar-refractivity contribution in [3.63, 3.8) is 0 Å². The lowest BCUT2D eigenvalue weighted by atomic mass is 9.94. The molecule has 2 aromatic carbocycles. The molecule has 1 aliphatic heterocycles. The summed E-state index contributed by atoms with van der Waals surface area (Å²) in [5.41, 5.74) is 5.37. The fourth-order valence-electron chi connectivity index (χ4n) is 3.95. The van der Waals surface area contributed by atoms with E-state index in [4.69, 9.17) is 21.7 Å². The molecule has 1 aliphatic rings. The molecule has 3 aromatic rings. The highest BCUT2D eigenvalue weighted by Gasteiger charge is 2.33. The maximum absolute atomic E-state index is 5.82. The molecule has 0 fully saturated rings. The predicted octanol–water partition coefficient (Wildman–Crippen LogP) is 6.01. The van der Waals surface area contributed by atoms with Crippen molar-refractivity contribution < 1.29 is 4.52 Å². The van der Waals surface area contributed by atoms with E-state index in [-0.39, 0.29) is 6.04 Å². The normalized spacial score (nSPS) is 16.6. The summed E-state index contributed by atoms with van der Waals surface area (Å²) >= 11 is 5.76. The third-order valence-electron chi connectivity index (χ3n) is 5.94. The molecule has 0 spiro atoms. The molecule has 5 nitrogen and oxygen atoms in total. The second-order valence-electron chi connectivity index (χ2n) is 8.60. The van der Waals surface area contributed by atoms with Crippen molar-refractivity contribution >= 4 is 22.9 Å². The fraction of sp³-hybridized carbons (Fsp3) is 0.346. The molecule has 0 radical (unpaired) electrons. The summed E-state index contributed by atoms with van der Waals surface area (Å²) in [4.78, 5) is 6.95. The van der Waals surface area contributed by atoms with Crippen LogP contribution >= 0.6 is 12.2 Å². The Morgan fingerprint density at radius 3 is 2.47 bits per heavy atom. The number of thiocarbonyl (C=S) groups is 1. The van der Waals surface area contributed by atoms with Gasteiger partial charge in [0.05, 0.1) is 11.6 Å². The quantitative estimate of drug-likeness (QED) is 0.449. The number of benzene rings is 2. The SMILES string of the molecule is CCc1ccc(-c2noc(C3=C(C)N(CCC(C)C)C(=S)NC3c3ccccc3)n2)cc1. The van der Waals surface area contributed by atoms with Gasteiger partial charge >= 0.3 is 0 Å². The largest absolute Gasteiger partial charge is 0.351 e. The zero-order valence-corrected chi connectivity index (χ0v) is 19.9. The van der Waals surface area contributed by atoms with E-state index < -0.39 is 0 Å². The zero-order chi connectivity index (χ0) is 22.7. The Labute approximate surface area is 195 Å². The summed E-state index contributed by atoms with van der Waals surface area (Å²) in [6.07, 6.45) is 2.04. The van der Waals surface area contributed by atoms with Crippen LogP contribution in [0.15, 0.2) is 64.8 Å². The summed E-state index contributed by atoms with van der Waals surface area (Å²) in [6, 6.07) is 18.4. The molecule has 1 aromatic heterocycles. The van der Waals surface area contributed by atoms with Gasteiger partial charge in [0.1, 0.15) is 0 Å². The first-order valence-electron chi connectivity index (χ1n) is 11.2. The van der Waals surface area contributed by atoms with Crippen LogP contribution in [0.2, 0.25) is 0 Å². The average molecular weight is 447 g/mol. The van der Waals surface area contributed by atoms with E-state index >= 15 is 0 Å². The Morgan fingerprint density at radius 2 is 1.81 bits per heavy atom. The average Bonchev–Trinajstić information content (AvgIpc) is 3.28. The topological polar surface area (TPSA) is 54.2 Å². The highest BCUT2D eigenvalue weighted by molar-refractivity contribution is 7.80. The minimum atomic E-state index is -0.144. The Bertz CT molecular complexity index is 1100. The van der Waals surface area contributed by atoms with E-state index in [2.05, 4.69) is 67.3 Å². The monoisotopic (exact) mass is 446 g/mol. The van der Waals surface area contributed by atoms with Crippen molar-refractivity contribution in [1.29, 1.82) is 0 Å². The van der Waals surface area contributed by atoms with Crippen LogP contribution in [-0.2, 0) is 6.42 Å². The van der Waals surface area contributed by atoms with Crippen molar-refractivity contribution in [2.45, 2.75) is 46.6 Å². The highest BCUT2D eigenvalue weighted by atomic mass is 32.1. The van der Waals surface area contributed by atoms with Gasteiger partial charge in [-0.25, -0.2) is 0 Å². The van der Waals surface area contributed by atoms with Gasteiger partial charge in [-0.05, 0) is 49.0 Å². The van der Waals surface area contributed by atoms with Crippen molar-refractivity contribution in [1.82, 2.24) is 20.4 Å². The molecule has 32 heavy (non-hydrogen) atoms. The summed E-state index contributed by atoms with van der Waals surface area (Å²) < 4.78 is 5.82. The number of aromatic nitrogens is 2. The van der Waals surface area contributed by atoms with E-state index in [1.54, 1.807) is 0 Å². The Hall–Kier alpha value is -2.99. The maximum Gasteiger partial charge on any atom is 0.258 e. The van der Waals surface area contributed by atoms with Gasteiger partial charge in [0.15, 0.2) is 5.11 Å². The molecule has 0 bridgehead atoms. The van der Waals surface area contributed by atoms with Gasteiger partial charge in [0, 0.05) is 17.8 Å². The Kier molecular flexibility index (Phi) is 6.70. The molecule has 0 amide bonds. The third-order valence-corrected chi connectivity index (χ3v) is 6.27. The summed E-state index contributed by atoms with van der Waals surface area (Å²) in [7, 11) is 0. The Balaban J connectivity index is 1.75. The summed E-state index contributed by atoms with van der Waals surface area (Å²) in [5, 5.41) is 8.55. The van der Waals surface area contributed by atoms with Gasteiger partial charge in [-0.1, -0.05) is 80.5 Å². The lowest BCUT2D eigenvalue weighted by Gasteiger charge is -2.37. The molecule has 6 heteroatoms. The fourth-order valence-corrected chi connectivity index (χ4v) is 4.30. The Morgan fingerprint density at radius 1 is 1.09 bits per heavy atom. The molecule has 166 valence electrons. The zero-order valence-electron chi connectivity index (χ0n) is 19.1. The molecule has 0 saturated carbocycles. The molecule has 4 rings (SSSR count). The number of hydrogen-bond acceptors (Lipinski definition) is 4. The highest BCUT2D eigenvalue weighted by Crippen LogP contribution is 2.37. The van der Waals surface area contributed by atoms with Crippen LogP contribution < -0.4 is 5.32 Å². The van der Waals surface area contributed by atoms with Crippen molar-refractivity contribution in [2.24, 2.45) is 5.92 Å². The van der Waals surface area contributed by atoms with Crippen LogP contribution in [0.3, 0.4) is 0 Å². The number of nitrogens with one attached hydrogen (secondary N) is 1. The predicted molar refractivity (Wildman–Crippen MR) is 133 cm³/mol. The number of hydrogen-bond donors (Lipinski definition) is 1. The van der Waals surface area contributed by atoms with Gasteiger partial charge in [-0.15, -0.1) is 0 Å². The second-order valence-corrected chi connectivity index (χ2v) is 8.99.